The van der Waals surface area contributed by atoms with E-state index >= 15 is 0 Å². The molecule has 1 heterocycles. The van der Waals surface area contributed by atoms with E-state index in [-0.39, 0.29) is 12.6 Å². The number of oxazole rings is 1. The van der Waals surface area contributed by atoms with E-state index in [2.05, 4.69) is 4.98 Å². The number of benzene rings is 1. The van der Waals surface area contributed by atoms with Crippen LogP contribution in [0.3, 0.4) is 0 Å². The number of nitrogen functional groups attached to an aromatic ring is 1. The quantitative estimate of drug-likeness (QED) is 0.787. The molecule has 0 saturated heterocycles. The molecule has 1 aromatic carbocycles. The van der Waals surface area contributed by atoms with E-state index in [0.717, 1.165) is 5.52 Å². The Kier molecular flexibility index (Phi) is 3.19. The molecule has 92 valence electrons. The summed E-state index contributed by atoms with van der Waals surface area (Å²) in [5.74, 6) is 0. The van der Waals surface area contributed by atoms with Crippen LogP contribution < -0.4 is 10.6 Å². The van der Waals surface area contributed by atoms with Crippen molar-refractivity contribution in [2.45, 2.75) is 19.9 Å². The lowest BCUT2D eigenvalue weighted by Crippen LogP contribution is -2.33. The minimum absolute atomic E-state index is 0.0685. The maximum Gasteiger partial charge on any atom is 0.298 e. The van der Waals surface area contributed by atoms with Gasteiger partial charge in [0.25, 0.3) is 6.01 Å². The summed E-state index contributed by atoms with van der Waals surface area (Å²) >= 11 is 0. The Hall–Kier alpha value is -1.75. The Morgan fingerprint density at radius 2 is 2.24 bits per heavy atom. The highest BCUT2D eigenvalue weighted by molar-refractivity contribution is 5.78. The molecule has 5 nitrogen and oxygen atoms in total. The van der Waals surface area contributed by atoms with Crippen LogP contribution in [0.4, 0.5) is 11.7 Å². The van der Waals surface area contributed by atoms with Gasteiger partial charge < -0.3 is 20.2 Å². The van der Waals surface area contributed by atoms with E-state index in [1.165, 1.54) is 0 Å². The predicted molar refractivity (Wildman–Crippen MR) is 68.0 cm³/mol. The van der Waals surface area contributed by atoms with Gasteiger partial charge in [-0.15, -0.1) is 0 Å². The van der Waals surface area contributed by atoms with E-state index in [9.17, 15) is 0 Å². The number of aromatic nitrogens is 1. The standard InChI is InChI=1S/C12H17N3O2/c1-8(2)15(5-6-16)12-14-10-4-3-9(13)7-11(10)17-12/h3-4,7-8,16H,5-6,13H2,1-2H3. The summed E-state index contributed by atoms with van der Waals surface area (Å²) in [6, 6.07) is 6.11. The Balaban J connectivity index is 2.40. The van der Waals surface area contributed by atoms with Crippen molar-refractivity contribution >= 4 is 22.8 Å². The molecule has 0 unspecified atom stereocenters. The van der Waals surface area contributed by atoms with Gasteiger partial charge in [-0.25, -0.2) is 0 Å². The smallest absolute Gasteiger partial charge is 0.298 e. The highest BCUT2D eigenvalue weighted by Gasteiger charge is 2.16. The molecular weight excluding hydrogens is 218 g/mol. The maximum absolute atomic E-state index is 9.03. The molecule has 0 aliphatic carbocycles. The highest BCUT2D eigenvalue weighted by atomic mass is 16.4. The summed E-state index contributed by atoms with van der Waals surface area (Å²) in [7, 11) is 0. The molecule has 5 heteroatoms. The monoisotopic (exact) mass is 235 g/mol. The lowest BCUT2D eigenvalue weighted by Gasteiger charge is -2.23. The first-order chi connectivity index (χ1) is 8.11. The van der Waals surface area contributed by atoms with Gasteiger partial charge in [-0.05, 0) is 26.0 Å². The van der Waals surface area contributed by atoms with Gasteiger partial charge in [0.15, 0.2) is 5.58 Å². The second kappa shape index (κ2) is 4.63. The van der Waals surface area contributed by atoms with Gasteiger partial charge in [-0.3, -0.25) is 0 Å². The van der Waals surface area contributed by atoms with Crippen LogP contribution >= 0.6 is 0 Å². The molecule has 0 amide bonds. The average Bonchev–Trinajstić information content (AvgIpc) is 2.67. The van der Waals surface area contributed by atoms with E-state index in [0.29, 0.717) is 23.8 Å². The minimum Gasteiger partial charge on any atom is -0.423 e. The van der Waals surface area contributed by atoms with Crippen molar-refractivity contribution in [2.75, 3.05) is 23.8 Å². The van der Waals surface area contributed by atoms with Crippen LogP contribution in [-0.4, -0.2) is 29.3 Å². The summed E-state index contributed by atoms with van der Waals surface area (Å²) < 4.78 is 5.65. The van der Waals surface area contributed by atoms with Gasteiger partial charge in [-0.1, -0.05) is 0 Å². The summed E-state index contributed by atoms with van der Waals surface area (Å²) in [6.07, 6.45) is 0. The van der Waals surface area contributed by atoms with Crippen molar-refractivity contribution in [3.8, 4) is 0 Å². The summed E-state index contributed by atoms with van der Waals surface area (Å²) in [5, 5.41) is 9.03. The van der Waals surface area contributed by atoms with E-state index in [4.69, 9.17) is 15.3 Å². The predicted octanol–water partition coefficient (Wildman–Crippen LogP) is 1.62. The molecule has 0 aliphatic heterocycles. The number of anilines is 2. The van der Waals surface area contributed by atoms with Crippen molar-refractivity contribution in [1.82, 2.24) is 4.98 Å². The number of aliphatic hydroxyl groups is 1. The largest absolute Gasteiger partial charge is 0.423 e. The number of aliphatic hydroxyl groups excluding tert-OH is 1. The fourth-order valence-corrected chi connectivity index (χ4v) is 1.73. The normalized spacial score (nSPS) is 11.3. The molecule has 0 spiro atoms. The average molecular weight is 235 g/mol. The third-order valence-electron chi connectivity index (χ3n) is 2.61. The SMILES string of the molecule is CC(C)N(CCO)c1nc2ccc(N)cc2o1. The Bertz CT molecular complexity index is 507. The summed E-state index contributed by atoms with van der Waals surface area (Å²) in [5.41, 5.74) is 7.78. The third kappa shape index (κ3) is 2.34. The van der Waals surface area contributed by atoms with E-state index in [1.54, 1.807) is 12.1 Å². The van der Waals surface area contributed by atoms with Crippen molar-refractivity contribution in [3.63, 3.8) is 0 Å². The molecule has 0 fully saturated rings. The van der Waals surface area contributed by atoms with Gasteiger partial charge in [-0.2, -0.15) is 4.98 Å². The van der Waals surface area contributed by atoms with Gasteiger partial charge in [0, 0.05) is 24.3 Å². The molecule has 0 aliphatic rings. The number of nitrogens with two attached hydrogens (primary N) is 1. The Morgan fingerprint density at radius 1 is 1.47 bits per heavy atom. The molecule has 3 N–H and O–H groups in total. The first kappa shape index (κ1) is 11.7. The van der Waals surface area contributed by atoms with Crippen LogP contribution in [0.5, 0.6) is 0 Å². The van der Waals surface area contributed by atoms with E-state index in [1.807, 2.05) is 24.8 Å². The number of fused-ring (bicyclic) bond motifs is 1. The maximum atomic E-state index is 9.03. The number of hydrogen-bond donors (Lipinski definition) is 2. The zero-order valence-corrected chi connectivity index (χ0v) is 10.1. The first-order valence-corrected chi connectivity index (χ1v) is 5.65. The zero-order chi connectivity index (χ0) is 12.4. The molecule has 0 radical (unpaired) electrons. The second-order valence-electron chi connectivity index (χ2n) is 4.23. The molecule has 0 atom stereocenters. The van der Waals surface area contributed by atoms with Crippen LogP contribution in [0.25, 0.3) is 11.1 Å². The molecule has 2 aromatic rings. The highest BCUT2D eigenvalue weighted by Crippen LogP contribution is 2.24. The lowest BCUT2D eigenvalue weighted by atomic mass is 10.3. The van der Waals surface area contributed by atoms with Crippen molar-refractivity contribution in [3.05, 3.63) is 18.2 Å². The van der Waals surface area contributed by atoms with Crippen LogP contribution in [-0.2, 0) is 0 Å². The minimum atomic E-state index is 0.0685. The van der Waals surface area contributed by atoms with Crippen molar-refractivity contribution < 1.29 is 9.52 Å². The fraction of sp³-hybridized carbons (Fsp3) is 0.417. The molecule has 17 heavy (non-hydrogen) atoms. The van der Waals surface area contributed by atoms with Gasteiger partial charge in [0.05, 0.1) is 6.61 Å². The Morgan fingerprint density at radius 3 is 2.88 bits per heavy atom. The van der Waals surface area contributed by atoms with Crippen LogP contribution in [0.1, 0.15) is 13.8 Å². The summed E-state index contributed by atoms with van der Waals surface area (Å²) in [6.45, 7) is 4.62. The van der Waals surface area contributed by atoms with E-state index < -0.39 is 0 Å². The number of rotatable bonds is 4. The van der Waals surface area contributed by atoms with Gasteiger partial charge in [0.2, 0.25) is 0 Å². The first-order valence-electron chi connectivity index (χ1n) is 5.65. The van der Waals surface area contributed by atoms with Crippen molar-refractivity contribution in [2.24, 2.45) is 0 Å². The van der Waals surface area contributed by atoms with Crippen LogP contribution in [0.2, 0.25) is 0 Å². The second-order valence-corrected chi connectivity index (χ2v) is 4.23. The Labute approximate surface area is 99.8 Å². The zero-order valence-electron chi connectivity index (χ0n) is 10.1. The number of nitrogens with zero attached hydrogens (tertiary/aromatic N) is 2. The topological polar surface area (TPSA) is 75.5 Å². The van der Waals surface area contributed by atoms with Gasteiger partial charge in [0.1, 0.15) is 5.52 Å². The van der Waals surface area contributed by atoms with Crippen LogP contribution in [0.15, 0.2) is 22.6 Å². The lowest BCUT2D eigenvalue weighted by molar-refractivity contribution is 0.295. The molecular formula is C12H17N3O2. The van der Waals surface area contributed by atoms with Gasteiger partial charge >= 0.3 is 0 Å². The molecule has 0 saturated carbocycles. The van der Waals surface area contributed by atoms with Crippen LogP contribution in [0, 0.1) is 0 Å². The summed E-state index contributed by atoms with van der Waals surface area (Å²) in [4.78, 5) is 6.30. The fourth-order valence-electron chi connectivity index (χ4n) is 1.73. The third-order valence-corrected chi connectivity index (χ3v) is 2.61. The number of hydrogen-bond acceptors (Lipinski definition) is 5. The molecule has 2 rings (SSSR count). The van der Waals surface area contributed by atoms with Crippen molar-refractivity contribution in [1.29, 1.82) is 0 Å². The molecule has 0 bridgehead atoms. The molecule has 1 aromatic heterocycles.